The summed E-state index contributed by atoms with van der Waals surface area (Å²) in [5.74, 6) is 0.0833. The molecule has 0 bridgehead atoms. The van der Waals surface area contributed by atoms with Crippen molar-refractivity contribution in [1.29, 1.82) is 5.26 Å². The zero-order valence-electron chi connectivity index (χ0n) is 18.0. The molecule has 0 saturated carbocycles. The van der Waals surface area contributed by atoms with Gasteiger partial charge in [0.1, 0.15) is 4.21 Å². The van der Waals surface area contributed by atoms with Crippen molar-refractivity contribution in [2.45, 2.75) is 63.2 Å². The van der Waals surface area contributed by atoms with Crippen LogP contribution in [-0.2, 0) is 15.5 Å². The molecule has 4 N–H and O–H groups in total. The first-order chi connectivity index (χ1) is 13.8. The van der Waals surface area contributed by atoms with E-state index >= 15 is 0 Å². The third-order valence-electron chi connectivity index (χ3n) is 4.50. The number of carbonyl (C=O) groups excluding carboxylic acids is 1. The lowest BCUT2D eigenvalue weighted by molar-refractivity contribution is 0.0825. The highest BCUT2D eigenvalue weighted by atomic mass is 32.2. The molecule has 0 aliphatic carbocycles. The maximum Gasteiger partial charge on any atom is 0.354 e. The summed E-state index contributed by atoms with van der Waals surface area (Å²) >= 11 is 1.06. The van der Waals surface area contributed by atoms with E-state index in [2.05, 4.69) is 15.7 Å². The highest BCUT2D eigenvalue weighted by Crippen LogP contribution is 2.34. The lowest BCUT2D eigenvalue weighted by Crippen LogP contribution is -2.18. The number of urea groups is 1. The summed E-state index contributed by atoms with van der Waals surface area (Å²) in [5, 5.41) is 28.0. The second kappa shape index (κ2) is 8.86. The largest absolute Gasteiger partial charge is 0.385 e. The van der Waals surface area contributed by atoms with E-state index in [0.717, 1.165) is 22.5 Å². The molecular weight excluding hydrogens is 420 g/mol. The fourth-order valence-corrected chi connectivity index (χ4v) is 5.15. The van der Waals surface area contributed by atoms with Gasteiger partial charge in [0.25, 0.3) is 0 Å². The van der Waals surface area contributed by atoms with Crippen LogP contribution in [-0.4, -0.2) is 15.3 Å². The maximum absolute atomic E-state index is 12.9. The Labute approximate surface area is 182 Å². The van der Waals surface area contributed by atoms with Gasteiger partial charge in [-0.15, -0.1) is 15.7 Å². The predicted octanol–water partition coefficient (Wildman–Crippen LogP) is 5.03. The quantitative estimate of drug-likeness (QED) is 0.592. The molecule has 1 atom stereocenters. The van der Waals surface area contributed by atoms with Gasteiger partial charge in [-0.2, -0.15) is 5.26 Å². The Kier molecular flexibility index (Phi) is 7.09. The SMILES string of the molecule is CC(C)c1cc(C#N)cc(C(C)C)c1NC(=O)N=S(N)(=O)c1ccc(C(C)(C)O)s1. The second-order valence-electron chi connectivity index (χ2n) is 8.22. The summed E-state index contributed by atoms with van der Waals surface area (Å²) in [5.41, 5.74) is 1.56. The first-order valence-corrected chi connectivity index (χ1v) is 11.9. The molecule has 0 radical (unpaired) electrons. The van der Waals surface area contributed by atoms with Crippen LogP contribution in [0.3, 0.4) is 0 Å². The minimum absolute atomic E-state index is 0.0416. The molecular formula is C21H28N4O3S2. The van der Waals surface area contributed by atoms with Crippen LogP contribution < -0.4 is 10.5 Å². The van der Waals surface area contributed by atoms with E-state index in [1.165, 1.54) is 6.07 Å². The van der Waals surface area contributed by atoms with Gasteiger partial charge in [-0.3, -0.25) is 0 Å². The van der Waals surface area contributed by atoms with Crippen LogP contribution in [0.15, 0.2) is 32.8 Å². The van der Waals surface area contributed by atoms with E-state index < -0.39 is 21.5 Å². The number of hydrogen-bond acceptors (Lipinski definition) is 5. The zero-order valence-corrected chi connectivity index (χ0v) is 19.6. The summed E-state index contributed by atoms with van der Waals surface area (Å²) in [4.78, 5) is 13.2. The van der Waals surface area contributed by atoms with Gasteiger partial charge in [-0.1, -0.05) is 27.7 Å². The number of nitriles is 1. The molecule has 0 saturated heterocycles. The van der Waals surface area contributed by atoms with Gasteiger partial charge in [0, 0.05) is 10.6 Å². The Balaban J connectivity index is 2.48. The van der Waals surface area contributed by atoms with Gasteiger partial charge in [0.05, 0.1) is 17.2 Å². The van der Waals surface area contributed by atoms with Gasteiger partial charge >= 0.3 is 6.03 Å². The number of carbonyl (C=O) groups is 1. The van der Waals surface area contributed by atoms with Gasteiger partial charge in [0.2, 0.25) is 0 Å². The van der Waals surface area contributed by atoms with E-state index in [1.54, 1.807) is 32.0 Å². The van der Waals surface area contributed by atoms with Crippen molar-refractivity contribution in [1.82, 2.24) is 0 Å². The van der Waals surface area contributed by atoms with E-state index in [-0.39, 0.29) is 16.0 Å². The van der Waals surface area contributed by atoms with Crippen molar-refractivity contribution in [3.05, 3.63) is 45.8 Å². The number of nitrogens with two attached hydrogens (primary N) is 1. The summed E-state index contributed by atoms with van der Waals surface area (Å²) in [7, 11) is -3.48. The molecule has 0 fully saturated rings. The Hall–Kier alpha value is -2.25. The number of nitrogens with one attached hydrogen (secondary N) is 1. The number of hydrogen-bond donors (Lipinski definition) is 3. The Morgan fingerprint density at radius 3 is 2.17 bits per heavy atom. The maximum atomic E-state index is 12.9. The number of benzene rings is 1. The van der Waals surface area contributed by atoms with E-state index in [0.29, 0.717) is 16.1 Å². The molecule has 0 aliphatic rings. The number of aliphatic hydroxyl groups is 1. The van der Waals surface area contributed by atoms with Crippen molar-refractivity contribution in [3.63, 3.8) is 0 Å². The van der Waals surface area contributed by atoms with E-state index in [4.69, 9.17) is 5.14 Å². The highest BCUT2D eigenvalue weighted by molar-refractivity contribution is 7.93. The smallest absolute Gasteiger partial charge is 0.354 e. The monoisotopic (exact) mass is 448 g/mol. The third-order valence-corrected chi connectivity index (χ3v) is 7.80. The van der Waals surface area contributed by atoms with Crippen molar-refractivity contribution in [3.8, 4) is 6.07 Å². The van der Waals surface area contributed by atoms with Crippen molar-refractivity contribution in [2.75, 3.05) is 5.32 Å². The molecule has 9 heteroatoms. The summed E-state index contributed by atoms with van der Waals surface area (Å²) in [6.45, 7) is 11.1. The zero-order chi connectivity index (χ0) is 22.9. The number of rotatable bonds is 5. The van der Waals surface area contributed by atoms with Crippen LogP contribution in [0.2, 0.25) is 0 Å². The van der Waals surface area contributed by atoms with Gasteiger partial charge in [0.15, 0.2) is 9.92 Å². The van der Waals surface area contributed by atoms with Crippen LogP contribution in [0.4, 0.5) is 10.5 Å². The molecule has 30 heavy (non-hydrogen) atoms. The van der Waals surface area contributed by atoms with Crippen LogP contribution in [0.25, 0.3) is 0 Å². The normalized spacial score (nSPS) is 13.8. The molecule has 162 valence electrons. The molecule has 0 aliphatic heterocycles. The van der Waals surface area contributed by atoms with Crippen LogP contribution in [0.1, 0.15) is 74.9 Å². The molecule has 2 aromatic rings. The lowest BCUT2D eigenvalue weighted by Gasteiger charge is -2.20. The number of thiophene rings is 1. The van der Waals surface area contributed by atoms with Crippen molar-refractivity contribution < 1.29 is 14.1 Å². The molecule has 7 nitrogen and oxygen atoms in total. The Morgan fingerprint density at radius 2 is 1.77 bits per heavy atom. The standard InChI is InChI=1S/C21H28N4O3S2/c1-12(2)15-9-14(11-22)10-16(13(3)4)19(15)24-20(26)25-30(23,28)18-8-7-17(29-18)21(5,6)27/h7-10,12-13,27H,1-6H3,(H3,23,24,25,26,28). The topological polar surface area (TPSA) is 129 Å². The van der Waals surface area contributed by atoms with Gasteiger partial charge in [-0.05, 0) is 61.1 Å². The Bertz CT molecular complexity index is 1080. The first-order valence-electron chi connectivity index (χ1n) is 9.52. The van der Waals surface area contributed by atoms with Crippen molar-refractivity contribution in [2.24, 2.45) is 9.50 Å². The molecule has 1 unspecified atom stereocenters. The minimum atomic E-state index is -3.48. The van der Waals surface area contributed by atoms with Gasteiger partial charge < -0.3 is 10.4 Å². The molecule has 0 spiro atoms. The Morgan fingerprint density at radius 1 is 1.23 bits per heavy atom. The van der Waals surface area contributed by atoms with E-state index in [9.17, 15) is 19.4 Å². The van der Waals surface area contributed by atoms with Crippen molar-refractivity contribution >= 4 is 33.0 Å². The van der Waals surface area contributed by atoms with Crippen LogP contribution in [0.5, 0.6) is 0 Å². The average molecular weight is 449 g/mol. The minimum Gasteiger partial charge on any atom is -0.385 e. The molecule has 2 amide bonds. The first kappa shape index (κ1) is 24.0. The molecule has 1 heterocycles. The van der Waals surface area contributed by atoms with Crippen LogP contribution in [0, 0.1) is 11.3 Å². The summed E-state index contributed by atoms with van der Waals surface area (Å²) in [6.07, 6.45) is 0. The van der Waals surface area contributed by atoms with E-state index in [1.807, 2.05) is 27.7 Å². The molecule has 1 aromatic carbocycles. The highest BCUT2D eigenvalue weighted by Gasteiger charge is 2.23. The summed E-state index contributed by atoms with van der Waals surface area (Å²) < 4.78 is 16.8. The number of amides is 2. The second-order valence-corrected chi connectivity index (χ2v) is 11.3. The summed E-state index contributed by atoms with van der Waals surface area (Å²) in [6, 6.07) is 7.93. The fourth-order valence-electron chi connectivity index (χ4n) is 2.91. The van der Waals surface area contributed by atoms with Crippen LogP contribution >= 0.6 is 11.3 Å². The molecule has 2 rings (SSSR count). The molecule has 1 aromatic heterocycles. The lowest BCUT2D eigenvalue weighted by atomic mass is 9.90. The predicted molar refractivity (Wildman–Crippen MR) is 121 cm³/mol. The average Bonchev–Trinajstić information content (AvgIpc) is 3.12. The van der Waals surface area contributed by atoms with Gasteiger partial charge in [-0.25, -0.2) is 14.1 Å². The number of anilines is 1. The fraction of sp³-hybridized carbons (Fsp3) is 0.429. The number of nitrogens with zero attached hydrogens (tertiary/aromatic N) is 2. The third kappa shape index (κ3) is 5.46.